The molecule has 0 unspecified atom stereocenters. The molecule has 0 bridgehead atoms. The highest BCUT2D eigenvalue weighted by atomic mass is 32.2. The summed E-state index contributed by atoms with van der Waals surface area (Å²) in [6.07, 6.45) is 1.03. The first kappa shape index (κ1) is 19.9. The molecule has 2 aromatic carbocycles. The molecule has 8 nitrogen and oxygen atoms in total. The minimum atomic E-state index is -3.78. The predicted octanol–water partition coefficient (Wildman–Crippen LogP) is 2.13. The SMILES string of the molecule is COC(=O)c1cc(N2SCC(=O)C2=O)cc(N(c2ccccc2)S(C)(=O)=O)c1. The summed E-state index contributed by atoms with van der Waals surface area (Å²) in [5.41, 5.74) is 0.754. The van der Waals surface area contributed by atoms with Gasteiger partial charge in [0.25, 0.3) is 0 Å². The summed E-state index contributed by atoms with van der Waals surface area (Å²) in [5.74, 6) is -2.03. The summed E-state index contributed by atoms with van der Waals surface area (Å²) in [6, 6.07) is 12.5. The first-order chi connectivity index (χ1) is 13.2. The molecular formula is C18H16N2O6S2. The number of esters is 1. The second kappa shape index (κ2) is 7.64. The van der Waals surface area contributed by atoms with Gasteiger partial charge in [0, 0.05) is 0 Å². The minimum Gasteiger partial charge on any atom is -0.465 e. The maximum Gasteiger partial charge on any atom is 0.337 e. The second-order valence-electron chi connectivity index (χ2n) is 5.89. The first-order valence-electron chi connectivity index (χ1n) is 8.01. The van der Waals surface area contributed by atoms with Gasteiger partial charge >= 0.3 is 11.9 Å². The van der Waals surface area contributed by atoms with Gasteiger partial charge in [-0.3, -0.25) is 9.59 Å². The van der Waals surface area contributed by atoms with E-state index in [1.807, 2.05) is 0 Å². The number of benzene rings is 2. The number of para-hydroxylation sites is 1. The van der Waals surface area contributed by atoms with E-state index in [0.717, 1.165) is 26.8 Å². The zero-order valence-corrected chi connectivity index (χ0v) is 16.6. The molecule has 0 spiro atoms. The summed E-state index contributed by atoms with van der Waals surface area (Å²) in [5, 5.41) is 0. The van der Waals surface area contributed by atoms with E-state index < -0.39 is 27.7 Å². The van der Waals surface area contributed by atoms with Gasteiger partial charge in [0.05, 0.1) is 41.7 Å². The summed E-state index contributed by atoms with van der Waals surface area (Å²) >= 11 is 0.978. The number of carbonyl (C=O) groups is 3. The van der Waals surface area contributed by atoms with Crippen LogP contribution in [0.15, 0.2) is 48.5 Å². The molecule has 1 fully saturated rings. The monoisotopic (exact) mass is 420 g/mol. The average molecular weight is 420 g/mol. The van der Waals surface area contributed by atoms with Crippen molar-refractivity contribution < 1.29 is 27.5 Å². The van der Waals surface area contributed by atoms with E-state index in [4.69, 9.17) is 4.74 Å². The fourth-order valence-electron chi connectivity index (χ4n) is 2.71. The van der Waals surface area contributed by atoms with Crippen LogP contribution in [0.1, 0.15) is 10.4 Å². The van der Waals surface area contributed by atoms with Crippen LogP contribution in [0.2, 0.25) is 0 Å². The number of rotatable bonds is 5. The third-order valence-electron chi connectivity index (χ3n) is 3.86. The van der Waals surface area contributed by atoms with Crippen molar-refractivity contribution in [1.29, 1.82) is 0 Å². The fraction of sp³-hybridized carbons (Fsp3) is 0.167. The van der Waals surface area contributed by atoms with Crippen molar-refractivity contribution in [2.24, 2.45) is 0 Å². The van der Waals surface area contributed by atoms with Crippen LogP contribution in [0.3, 0.4) is 0 Å². The average Bonchev–Trinajstić information content (AvgIpc) is 2.99. The summed E-state index contributed by atoms with van der Waals surface area (Å²) < 4.78 is 31.9. The minimum absolute atomic E-state index is 0.0227. The summed E-state index contributed by atoms with van der Waals surface area (Å²) in [6.45, 7) is 0. The maximum atomic E-state index is 12.5. The first-order valence-corrected chi connectivity index (χ1v) is 10.8. The smallest absolute Gasteiger partial charge is 0.337 e. The second-order valence-corrected chi connectivity index (χ2v) is 8.63. The van der Waals surface area contributed by atoms with Crippen molar-refractivity contribution in [3.8, 4) is 0 Å². The van der Waals surface area contributed by atoms with Gasteiger partial charge in [-0.05, 0) is 42.3 Å². The Hall–Kier alpha value is -2.85. The van der Waals surface area contributed by atoms with E-state index in [9.17, 15) is 22.8 Å². The number of hydrogen-bond donors (Lipinski definition) is 0. The Labute approximate surface area is 166 Å². The summed E-state index contributed by atoms with van der Waals surface area (Å²) in [4.78, 5) is 35.9. The third kappa shape index (κ3) is 3.87. The van der Waals surface area contributed by atoms with Crippen molar-refractivity contribution in [3.63, 3.8) is 0 Å². The Bertz CT molecular complexity index is 1050. The van der Waals surface area contributed by atoms with Crippen LogP contribution in [0, 0.1) is 0 Å². The molecule has 3 rings (SSSR count). The van der Waals surface area contributed by atoms with E-state index in [2.05, 4.69) is 0 Å². The van der Waals surface area contributed by atoms with E-state index in [1.165, 1.54) is 25.3 Å². The normalized spacial score (nSPS) is 14.3. The van der Waals surface area contributed by atoms with Crippen LogP contribution < -0.4 is 8.61 Å². The van der Waals surface area contributed by atoms with Gasteiger partial charge in [0.15, 0.2) is 0 Å². The number of methoxy groups -OCH3 is 1. The molecule has 1 amide bonds. The molecule has 146 valence electrons. The van der Waals surface area contributed by atoms with Crippen LogP contribution in [-0.2, 0) is 24.3 Å². The molecule has 1 saturated heterocycles. The zero-order valence-electron chi connectivity index (χ0n) is 15.0. The van der Waals surface area contributed by atoms with Crippen molar-refractivity contribution in [2.75, 3.05) is 27.7 Å². The zero-order chi connectivity index (χ0) is 20.5. The van der Waals surface area contributed by atoms with Crippen LogP contribution in [0.25, 0.3) is 0 Å². The molecule has 0 radical (unpaired) electrons. The van der Waals surface area contributed by atoms with Crippen LogP contribution in [-0.4, -0.2) is 45.2 Å². The Kier molecular flexibility index (Phi) is 5.43. The maximum absolute atomic E-state index is 12.5. The lowest BCUT2D eigenvalue weighted by Gasteiger charge is -2.24. The molecule has 0 aromatic heterocycles. The van der Waals surface area contributed by atoms with Gasteiger partial charge in [0.2, 0.25) is 15.8 Å². The van der Waals surface area contributed by atoms with Gasteiger partial charge in [-0.2, -0.15) is 0 Å². The lowest BCUT2D eigenvalue weighted by atomic mass is 10.1. The molecular weight excluding hydrogens is 404 g/mol. The van der Waals surface area contributed by atoms with Gasteiger partial charge < -0.3 is 4.74 Å². The molecule has 0 N–H and O–H groups in total. The third-order valence-corrected chi connectivity index (χ3v) is 5.97. The van der Waals surface area contributed by atoms with Gasteiger partial charge in [-0.1, -0.05) is 18.2 Å². The standard InChI is InChI=1S/C18H16N2O6S2/c1-26-18(23)12-8-14(19-17(22)16(21)11-27-19)10-15(9-12)20(28(2,24)25)13-6-4-3-5-7-13/h3-10H,11H2,1-2H3. The van der Waals surface area contributed by atoms with Crippen molar-refractivity contribution >= 4 is 56.7 Å². The van der Waals surface area contributed by atoms with E-state index >= 15 is 0 Å². The highest BCUT2D eigenvalue weighted by Crippen LogP contribution is 2.36. The molecule has 0 saturated carbocycles. The number of ether oxygens (including phenoxy) is 1. The lowest BCUT2D eigenvalue weighted by Crippen LogP contribution is -2.26. The number of nitrogens with zero attached hydrogens (tertiary/aromatic N) is 2. The van der Waals surface area contributed by atoms with E-state index in [0.29, 0.717) is 5.69 Å². The Morgan fingerprint density at radius 3 is 2.32 bits per heavy atom. The van der Waals surface area contributed by atoms with Gasteiger partial charge in [-0.15, -0.1) is 0 Å². The number of amides is 1. The van der Waals surface area contributed by atoms with Crippen molar-refractivity contribution in [1.82, 2.24) is 0 Å². The molecule has 0 atom stereocenters. The number of hydrogen-bond acceptors (Lipinski definition) is 7. The van der Waals surface area contributed by atoms with Gasteiger partial charge in [0.1, 0.15) is 0 Å². The molecule has 1 aliphatic rings. The van der Waals surface area contributed by atoms with Gasteiger partial charge in [-0.25, -0.2) is 21.8 Å². The molecule has 2 aromatic rings. The Morgan fingerprint density at radius 1 is 1.11 bits per heavy atom. The highest BCUT2D eigenvalue weighted by Gasteiger charge is 2.33. The summed E-state index contributed by atoms with van der Waals surface area (Å²) in [7, 11) is -2.59. The lowest BCUT2D eigenvalue weighted by molar-refractivity contribution is -0.133. The fourth-order valence-corrected chi connectivity index (χ4v) is 4.55. The van der Waals surface area contributed by atoms with Crippen LogP contribution >= 0.6 is 11.9 Å². The van der Waals surface area contributed by atoms with Crippen LogP contribution in [0.5, 0.6) is 0 Å². The Morgan fingerprint density at radius 2 is 1.79 bits per heavy atom. The topological polar surface area (TPSA) is 101 Å². The molecule has 1 heterocycles. The van der Waals surface area contributed by atoms with Crippen LogP contribution in [0.4, 0.5) is 17.1 Å². The number of carbonyl (C=O) groups excluding carboxylic acids is 3. The molecule has 1 aliphatic heterocycles. The quantitative estimate of drug-likeness (QED) is 0.415. The predicted molar refractivity (Wildman–Crippen MR) is 106 cm³/mol. The number of ketones is 1. The Balaban J connectivity index is 2.21. The number of anilines is 3. The van der Waals surface area contributed by atoms with E-state index in [-0.39, 0.29) is 22.7 Å². The molecule has 28 heavy (non-hydrogen) atoms. The molecule has 10 heteroatoms. The van der Waals surface area contributed by atoms with Crippen molar-refractivity contribution in [3.05, 3.63) is 54.1 Å². The number of Topliss-reactive ketones (excluding diaryl/α,β-unsaturated/α-hetero) is 1. The largest absolute Gasteiger partial charge is 0.465 e. The number of sulfonamides is 1. The van der Waals surface area contributed by atoms with Crippen molar-refractivity contribution in [2.45, 2.75) is 0 Å². The van der Waals surface area contributed by atoms with E-state index in [1.54, 1.807) is 30.3 Å². The molecule has 0 aliphatic carbocycles. The highest BCUT2D eigenvalue weighted by molar-refractivity contribution is 8.03.